The van der Waals surface area contributed by atoms with Gasteiger partial charge < -0.3 is 9.80 Å². The van der Waals surface area contributed by atoms with Gasteiger partial charge in [0.1, 0.15) is 6.04 Å². The highest BCUT2D eigenvalue weighted by atomic mass is 32.1. The molecular weight excluding hydrogens is 260 g/mol. The lowest BCUT2D eigenvalue weighted by Gasteiger charge is -2.23. The number of hydrogen-bond donors (Lipinski definition) is 0. The number of carbonyl (C=O) groups excluding carboxylic acids is 2. The van der Waals surface area contributed by atoms with E-state index in [4.69, 9.17) is 0 Å². The predicted molar refractivity (Wildman–Crippen MR) is 76.1 cm³/mol. The van der Waals surface area contributed by atoms with Crippen LogP contribution in [0.5, 0.6) is 0 Å². The number of thiophene rings is 1. The number of likely N-dealkylation sites (N-methyl/N-ethyl adjacent to an activating group) is 2. The summed E-state index contributed by atoms with van der Waals surface area (Å²) in [6.45, 7) is 0.746. The molecule has 0 spiro atoms. The van der Waals surface area contributed by atoms with E-state index in [1.54, 1.807) is 35.2 Å². The fourth-order valence-electron chi connectivity index (χ4n) is 2.38. The normalized spacial score (nSPS) is 18.9. The van der Waals surface area contributed by atoms with Crippen LogP contribution in [0.3, 0.4) is 0 Å². The SMILES string of the molecule is CN1CCC(N(C)C(=O)CCCc2cccs2)C1=O. The molecule has 0 saturated carbocycles. The van der Waals surface area contributed by atoms with Crippen molar-refractivity contribution in [1.82, 2.24) is 9.80 Å². The minimum absolute atomic E-state index is 0.0640. The quantitative estimate of drug-likeness (QED) is 0.824. The van der Waals surface area contributed by atoms with Gasteiger partial charge in [-0.05, 0) is 30.7 Å². The van der Waals surface area contributed by atoms with Crippen LogP contribution >= 0.6 is 11.3 Å². The molecule has 4 nitrogen and oxygen atoms in total. The Kier molecular flexibility index (Phi) is 4.58. The highest BCUT2D eigenvalue weighted by Crippen LogP contribution is 2.17. The smallest absolute Gasteiger partial charge is 0.245 e. The summed E-state index contributed by atoms with van der Waals surface area (Å²) < 4.78 is 0. The molecule has 1 aliphatic heterocycles. The van der Waals surface area contributed by atoms with Crippen molar-refractivity contribution in [3.63, 3.8) is 0 Å². The van der Waals surface area contributed by atoms with Crippen molar-refractivity contribution in [1.29, 1.82) is 0 Å². The van der Waals surface area contributed by atoms with Crippen LogP contribution in [-0.2, 0) is 16.0 Å². The molecule has 19 heavy (non-hydrogen) atoms. The Morgan fingerprint density at radius 2 is 2.37 bits per heavy atom. The molecule has 1 aliphatic rings. The second kappa shape index (κ2) is 6.19. The van der Waals surface area contributed by atoms with Crippen molar-refractivity contribution in [3.8, 4) is 0 Å². The summed E-state index contributed by atoms with van der Waals surface area (Å²) in [7, 11) is 3.53. The number of nitrogens with zero attached hydrogens (tertiary/aromatic N) is 2. The monoisotopic (exact) mass is 280 g/mol. The number of amides is 2. The highest BCUT2D eigenvalue weighted by molar-refractivity contribution is 7.09. The molecule has 0 aromatic carbocycles. The average molecular weight is 280 g/mol. The molecule has 5 heteroatoms. The van der Waals surface area contributed by atoms with Gasteiger partial charge in [0.2, 0.25) is 11.8 Å². The second-order valence-electron chi connectivity index (χ2n) is 5.00. The Morgan fingerprint density at radius 3 is 2.95 bits per heavy atom. The summed E-state index contributed by atoms with van der Waals surface area (Å²) in [4.78, 5) is 28.5. The van der Waals surface area contributed by atoms with E-state index in [0.29, 0.717) is 6.42 Å². The Bertz CT molecular complexity index is 444. The van der Waals surface area contributed by atoms with E-state index in [0.717, 1.165) is 25.8 Å². The molecule has 2 amide bonds. The summed E-state index contributed by atoms with van der Waals surface area (Å²) in [5.74, 6) is 0.138. The van der Waals surface area contributed by atoms with Crippen LogP contribution in [0, 0.1) is 0 Å². The second-order valence-corrected chi connectivity index (χ2v) is 6.03. The summed E-state index contributed by atoms with van der Waals surface area (Å²) in [6, 6.07) is 3.87. The Hall–Kier alpha value is -1.36. The molecule has 104 valence electrons. The lowest BCUT2D eigenvalue weighted by atomic mass is 10.1. The van der Waals surface area contributed by atoms with Gasteiger partial charge in [0.25, 0.3) is 0 Å². The van der Waals surface area contributed by atoms with Crippen molar-refractivity contribution in [2.75, 3.05) is 20.6 Å². The summed E-state index contributed by atoms with van der Waals surface area (Å²) in [5.41, 5.74) is 0. The van der Waals surface area contributed by atoms with Gasteiger partial charge in [-0.1, -0.05) is 6.07 Å². The maximum Gasteiger partial charge on any atom is 0.245 e. The van der Waals surface area contributed by atoms with Gasteiger partial charge in [0, 0.05) is 31.9 Å². The Balaban J connectivity index is 1.78. The maximum atomic E-state index is 12.1. The van der Waals surface area contributed by atoms with Gasteiger partial charge in [0.15, 0.2) is 0 Å². The first-order valence-electron chi connectivity index (χ1n) is 6.62. The van der Waals surface area contributed by atoms with E-state index in [1.807, 2.05) is 6.07 Å². The molecule has 1 aromatic heterocycles. The molecule has 0 N–H and O–H groups in total. The van der Waals surface area contributed by atoms with Crippen LogP contribution in [-0.4, -0.2) is 48.3 Å². The topological polar surface area (TPSA) is 40.6 Å². The van der Waals surface area contributed by atoms with Gasteiger partial charge >= 0.3 is 0 Å². The van der Waals surface area contributed by atoms with E-state index >= 15 is 0 Å². The van der Waals surface area contributed by atoms with Gasteiger partial charge in [-0.25, -0.2) is 0 Å². The maximum absolute atomic E-state index is 12.1. The van der Waals surface area contributed by atoms with Gasteiger partial charge in [0.05, 0.1) is 0 Å². The molecule has 1 saturated heterocycles. The van der Waals surface area contributed by atoms with E-state index in [9.17, 15) is 9.59 Å². The van der Waals surface area contributed by atoms with Crippen molar-refractivity contribution in [3.05, 3.63) is 22.4 Å². The van der Waals surface area contributed by atoms with Crippen LogP contribution in [0.15, 0.2) is 17.5 Å². The average Bonchev–Trinajstić information content (AvgIpc) is 3.01. The number of aryl methyl sites for hydroxylation is 1. The van der Waals surface area contributed by atoms with Crippen molar-refractivity contribution < 1.29 is 9.59 Å². The highest BCUT2D eigenvalue weighted by Gasteiger charge is 2.34. The van der Waals surface area contributed by atoms with E-state index in [1.165, 1.54) is 4.88 Å². The number of likely N-dealkylation sites (tertiary alicyclic amines) is 1. The first-order chi connectivity index (χ1) is 9.09. The van der Waals surface area contributed by atoms with E-state index in [-0.39, 0.29) is 17.9 Å². The number of rotatable bonds is 5. The number of hydrogen-bond acceptors (Lipinski definition) is 3. The zero-order valence-electron chi connectivity index (χ0n) is 11.5. The fraction of sp³-hybridized carbons (Fsp3) is 0.571. The molecule has 0 aliphatic carbocycles. The first-order valence-corrected chi connectivity index (χ1v) is 7.50. The third kappa shape index (κ3) is 3.35. The van der Waals surface area contributed by atoms with Crippen LogP contribution in [0.2, 0.25) is 0 Å². The third-order valence-electron chi connectivity index (χ3n) is 3.65. The minimum atomic E-state index is -0.251. The van der Waals surface area contributed by atoms with E-state index in [2.05, 4.69) is 11.4 Å². The molecule has 2 rings (SSSR count). The minimum Gasteiger partial charge on any atom is -0.344 e. The zero-order chi connectivity index (χ0) is 13.8. The van der Waals surface area contributed by atoms with Crippen molar-refractivity contribution >= 4 is 23.2 Å². The molecule has 1 aromatic rings. The Labute approximate surface area is 118 Å². The molecule has 1 unspecified atom stereocenters. The van der Waals surface area contributed by atoms with Crippen LogP contribution in [0.25, 0.3) is 0 Å². The van der Waals surface area contributed by atoms with Crippen LogP contribution in [0.1, 0.15) is 24.1 Å². The predicted octanol–water partition coefficient (Wildman–Crippen LogP) is 1.76. The molecule has 0 bridgehead atoms. The first kappa shape index (κ1) is 14.1. The third-order valence-corrected chi connectivity index (χ3v) is 4.59. The van der Waals surface area contributed by atoms with Gasteiger partial charge in [-0.3, -0.25) is 9.59 Å². The Morgan fingerprint density at radius 1 is 1.58 bits per heavy atom. The van der Waals surface area contributed by atoms with Crippen molar-refractivity contribution in [2.45, 2.75) is 31.7 Å². The fourth-order valence-corrected chi connectivity index (χ4v) is 3.13. The summed E-state index contributed by atoms with van der Waals surface area (Å²) in [6.07, 6.45) is 3.06. The van der Waals surface area contributed by atoms with Crippen LogP contribution in [0.4, 0.5) is 0 Å². The van der Waals surface area contributed by atoms with Crippen molar-refractivity contribution in [2.24, 2.45) is 0 Å². The molecule has 0 radical (unpaired) electrons. The molecule has 2 heterocycles. The standard InChI is InChI=1S/C14H20N2O2S/c1-15-9-8-12(14(15)18)16(2)13(17)7-3-5-11-6-4-10-19-11/h4,6,10,12H,3,5,7-9H2,1-2H3. The van der Waals surface area contributed by atoms with Crippen LogP contribution < -0.4 is 0 Å². The van der Waals surface area contributed by atoms with E-state index < -0.39 is 0 Å². The lowest BCUT2D eigenvalue weighted by Crippen LogP contribution is -2.42. The lowest BCUT2D eigenvalue weighted by molar-refractivity contribution is -0.140. The van der Waals surface area contributed by atoms with Gasteiger partial charge in [-0.2, -0.15) is 0 Å². The summed E-state index contributed by atoms with van der Waals surface area (Å²) in [5, 5.41) is 2.05. The largest absolute Gasteiger partial charge is 0.344 e. The number of carbonyl (C=O) groups is 2. The zero-order valence-corrected chi connectivity index (χ0v) is 12.3. The summed E-state index contributed by atoms with van der Waals surface area (Å²) >= 11 is 1.72. The molecular formula is C14H20N2O2S. The van der Waals surface area contributed by atoms with Gasteiger partial charge in [-0.15, -0.1) is 11.3 Å². The molecule has 1 fully saturated rings. The molecule has 1 atom stereocenters.